The molecule has 0 bridgehead atoms. The fourth-order valence-corrected chi connectivity index (χ4v) is 2.57. The van der Waals surface area contributed by atoms with Crippen molar-refractivity contribution in [1.82, 2.24) is 14.9 Å². The standard InChI is InChI=1S/C18H23N3O2/c1-13(2)17(23-16-6-4-3-5-7-16)18(22)20-11-15-10-19-12-21(15)14-8-9-14/h3-7,10,12-14,17H,8-9,11H2,1-2H3,(H,20,22). The van der Waals surface area contributed by atoms with Gasteiger partial charge in [-0.2, -0.15) is 0 Å². The molecule has 1 unspecified atom stereocenters. The highest BCUT2D eigenvalue weighted by Gasteiger charge is 2.27. The Hall–Kier alpha value is -2.30. The number of benzene rings is 1. The Kier molecular flexibility index (Phi) is 4.65. The number of ether oxygens (including phenoxy) is 1. The number of para-hydroxylation sites is 1. The first-order chi connectivity index (χ1) is 11.1. The molecule has 1 aliphatic rings. The molecular formula is C18H23N3O2. The SMILES string of the molecule is CC(C)C(Oc1ccccc1)C(=O)NCc1cncn1C1CC1. The van der Waals surface area contributed by atoms with E-state index in [1.165, 1.54) is 12.8 Å². The Labute approximate surface area is 136 Å². The molecular weight excluding hydrogens is 290 g/mol. The lowest BCUT2D eigenvalue weighted by Gasteiger charge is -2.22. The molecule has 5 nitrogen and oxygen atoms in total. The number of amides is 1. The van der Waals surface area contributed by atoms with Crippen LogP contribution in [0.3, 0.4) is 0 Å². The quantitative estimate of drug-likeness (QED) is 0.855. The van der Waals surface area contributed by atoms with Gasteiger partial charge in [0.25, 0.3) is 5.91 Å². The zero-order valence-corrected chi connectivity index (χ0v) is 13.6. The Morgan fingerprint density at radius 3 is 2.74 bits per heavy atom. The van der Waals surface area contributed by atoms with Gasteiger partial charge in [-0.05, 0) is 30.9 Å². The van der Waals surface area contributed by atoms with Crippen LogP contribution in [-0.4, -0.2) is 21.6 Å². The minimum Gasteiger partial charge on any atom is -0.480 e. The monoisotopic (exact) mass is 313 g/mol. The van der Waals surface area contributed by atoms with Crippen LogP contribution >= 0.6 is 0 Å². The summed E-state index contributed by atoms with van der Waals surface area (Å²) < 4.78 is 8.02. The minimum atomic E-state index is -0.505. The summed E-state index contributed by atoms with van der Waals surface area (Å²) in [5.41, 5.74) is 1.04. The normalized spacial score (nSPS) is 15.4. The number of nitrogens with zero attached hydrogens (tertiary/aromatic N) is 2. The summed E-state index contributed by atoms with van der Waals surface area (Å²) >= 11 is 0. The van der Waals surface area contributed by atoms with Crippen LogP contribution in [0.4, 0.5) is 0 Å². The van der Waals surface area contributed by atoms with Crippen molar-refractivity contribution in [2.24, 2.45) is 5.92 Å². The van der Waals surface area contributed by atoms with Crippen LogP contribution in [0.5, 0.6) is 5.75 Å². The maximum atomic E-state index is 12.5. The van der Waals surface area contributed by atoms with E-state index in [2.05, 4.69) is 14.9 Å². The zero-order chi connectivity index (χ0) is 16.2. The van der Waals surface area contributed by atoms with Crippen molar-refractivity contribution in [3.63, 3.8) is 0 Å². The molecule has 122 valence electrons. The highest BCUT2D eigenvalue weighted by Crippen LogP contribution is 2.35. The molecule has 1 amide bonds. The van der Waals surface area contributed by atoms with Gasteiger partial charge in [0.05, 0.1) is 18.6 Å². The molecule has 1 aromatic heterocycles. The predicted molar refractivity (Wildman–Crippen MR) is 88.0 cm³/mol. The summed E-state index contributed by atoms with van der Waals surface area (Å²) in [5, 5.41) is 2.99. The number of rotatable bonds is 7. The number of hydrogen-bond donors (Lipinski definition) is 1. The van der Waals surface area contributed by atoms with E-state index in [0.717, 1.165) is 5.69 Å². The van der Waals surface area contributed by atoms with Crippen molar-refractivity contribution in [2.45, 2.75) is 45.4 Å². The first-order valence-electron chi connectivity index (χ1n) is 8.15. The van der Waals surface area contributed by atoms with Crippen molar-refractivity contribution < 1.29 is 9.53 Å². The lowest BCUT2D eigenvalue weighted by molar-refractivity contribution is -0.130. The van der Waals surface area contributed by atoms with Crippen LogP contribution in [0.25, 0.3) is 0 Å². The van der Waals surface area contributed by atoms with Crippen molar-refractivity contribution in [3.8, 4) is 5.75 Å². The van der Waals surface area contributed by atoms with E-state index < -0.39 is 6.10 Å². The van der Waals surface area contributed by atoms with E-state index in [4.69, 9.17) is 4.74 Å². The first-order valence-corrected chi connectivity index (χ1v) is 8.15. The third-order valence-electron chi connectivity index (χ3n) is 4.00. The van der Waals surface area contributed by atoms with Crippen LogP contribution in [0, 0.1) is 5.92 Å². The number of nitrogens with one attached hydrogen (secondary N) is 1. The largest absolute Gasteiger partial charge is 0.480 e. The summed E-state index contributed by atoms with van der Waals surface area (Å²) in [7, 11) is 0. The van der Waals surface area contributed by atoms with Gasteiger partial charge in [0, 0.05) is 12.2 Å². The molecule has 5 heteroatoms. The van der Waals surface area contributed by atoms with Crippen molar-refractivity contribution in [1.29, 1.82) is 0 Å². The molecule has 1 atom stereocenters. The van der Waals surface area contributed by atoms with E-state index in [-0.39, 0.29) is 11.8 Å². The predicted octanol–water partition coefficient (Wildman–Crippen LogP) is 2.94. The van der Waals surface area contributed by atoms with E-state index in [1.807, 2.05) is 56.7 Å². The van der Waals surface area contributed by atoms with E-state index in [0.29, 0.717) is 18.3 Å². The third-order valence-corrected chi connectivity index (χ3v) is 4.00. The maximum Gasteiger partial charge on any atom is 0.261 e. The molecule has 3 rings (SSSR count). The molecule has 0 saturated heterocycles. The Morgan fingerprint density at radius 1 is 1.35 bits per heavy atom. The van der Waals surface area contributed by atoms with Crippen LogP contribution in [0.2, 0.25) is 0 Å². The highest BCUT2D eigenvalue weighted by molar-refractivity contribution is 5.81. The van der Waals surface area contributed by atoms with Crippen molar-refractivity contribution >= 4 is 5.91 Å². The van der Waals surface area contributed by atoms with Gasteiger partial charge in [0.2, 0.25) is 0 Å². The molecule has 1 N–H and O–H groups in total. The number of carbonyl (C=O) groups is 1. The van der Waals surface area contributed by atoms with E-state index in [9.17, 15) is 4.79 Å². The minimum absolute atomic E-state index is 0.0866. The van der Waals surface area contributed by atoms with Crippen LogP contribution in [0.15, 0.2) is 42.9 Å². The zero-order valence-electron chi connectivity index (χ0n) is 13.6. The Balaban J connectivity index is 1.61. The van der Waals surface area contributed by atoms with Gasteiger partial charge in [-0.1, -0.05) is 32.0 Å². The van der Waals surface area contributed by atoms with Gasteiger partial charge >= 0.3 is 0 Å². The molecule has 1 aliphatic carbocycles. The van der Waals surface area contributed by atoms with E-state index in [1.54, 1.807) is 0 Å². The second-order valence-electron chi connectivity index (χ2n) is 6.34. The lowest BCUT2D eigenvalue weighted by Crippen LogP contribution is -2.41. The summed E-state index contributed by atoms with van der Waals surface area (Å²) in [5.74, 6) is 0.709. The molecule has 0 radical (unpaired) electrons. The average molecular weight is 313 g/mol. The van der Waals surface area contributed by atoms with Gasteiger partial charge in [-0.3, -0.25) is 4.79 Å². The fraction of sp³-hybridized carbons (Fsp3) is 0.444. The molecule has 1 saturated carbocycles. The van der Waals surface area contributed by atoms with Crippen LogP contribution in [-0.2, 0) is 11.3 Å². The molecule has 0 aliphatic heterocycles. The summed E-state index contributed by atoms with van der Waals surface area (Å²) in [4.78, 5) is 16.7. The number of aromatic nitrogens is 2. The van der Waals surface area contributed by atoms with Crippen molar-refractivity contribution in [2.75, 3.05) is 0 Å². The fourth-order valence-electron chi connectivity index (χ4n) is 2.57. The average Bonchev–Trinajstić information content (AvgIpc) is 3.29. The van der Waals surface area contributed by atoms with Gasteiger partial charge in [-0.25, -0.2) is 4.98 Å². The smallest absolute Gasteiger partial charge is 0.261 e. The van der Waals surface area contributed by atoms with Gasteiger partial charge in [0.15, 0.2) is 6.10 Å². The Bertz CT molecular complexity index is 647. The molecule has 2 aromatic rings. The molecule has 23 heavy (non-hydrogen) atoms. The lowest BCUT2D eigenvalue weighted by atomic mass is 10.1. The van der Waals surface area contributed by atoms with Crippen LogP contribution in [0.1, 0.15) is 38.4 Å². The topological polar surface area (TPSA) is 56.1 Å². The highest BCUT2D eigenvalue weighted by atomic mass is 16.5. The van der Waals surface area contributed by atoms with Gasteiger partial charge in [0.1, 0.15) is 5.75 Å². The van der Waals surface area contributed by atoms with Gasteiger partial charge in [-0.15, -0.1) is 0 Å². The van der Waals surface area contributed by atoms with Crippen molar-refractivity contribution in [3.05, 3.63) is 48.5 Å². The molecule has 1 heterocycles. The first kappa shape index (κ1) is 15.6. The van der Waals surface area contributed by atoms with E-state index >= 15 is 0 Å². The van der Waals surface area contributed by atoms with Crippen LogP contribution < -0.4 is 10.1 Å². The molecule has 1 aromatic carbocycles. The number of hydrogen-bond acceptors (Lipinski definition) is 3. The summed E-state index contributed by atoms with van der Waals surface area (Å²) in [6.07, 6.45) is 5.56. The second-order valence-corrected chi connectivity index (χ2v) is 6.34. The maximum absolute atomic E-state index is 12.5. The second kappa shape index (κ2) is 6.86. The number of imidazole rings is 1. The molecule has 0 spiro atoms. The Morgan fingerprint density at radius 2 is 2.09 bits per heavy atom. The summed E-state index contributed by atoms with van der Waals surface area (Å²) in [6.45, 7) is 4.46. The third kappa shape index (κ3) is 3.92. The number of carbonyl (C=O) groups excluding carboxylic acids is 1. The molecule has 1 fully saturated rings. The van der Waals surface area contributed by atoms with Gasteiger partial charge < -0.3 is 14.6 Å². The summed E-state index contributed by atoms with van der Waals surface area (Å²) in [6, 6.07) is 10.0.